The third-order valence-corrected chi connectivity index (χ3v) is 9.07. The Balaban J connectivity index is 1.56. The van der Waals surface area contributed by atoms with Crippen LogP contribution in [0.1, 0.15) is 84.1 Å². The van der Waals surface area contributed by atoms with Crippen LogP contribution >= 0.6 is 0 Å². The summed E-state index contributed by atoms with van der Waals surface area (Å²) >= 11 is 0. The minimum Gasteiger partial charge on any atom is -0.481 e. The molecular formula is C37H40F4N4O4. The van der Waals surface area contributed by atoms with E-state index < -0.39 is 47.7 Å². The van der Waals surface area contributed by atoms with Crippen LogP contribution in [0.25, 0.3) is 11.1 Å². The van der Waals surface area contributed by atoms with Crippen LogP contribution in [0.5, 0.6) is 0 Å². The van der Waals surface area contributed by atoms with Crippen molar-refractivity contribution in [3.63, 3.8) is 0 Å². The molecule has 2 aromatic heterocycles. The minimum atomic E-state index is -4.80. The van der Waals surface area contributed by atoms with E-state index in [1.54, 1.807) is 12.3 Å². The monoisotopic (exact) mass is 680 g/mol. The molecule has 5 rings (SSSR count). The highest BCUT2D eigenvalue weighted by Gasteiger charge is 2.36. The maximum absolute atomic E-state index is 14.2. The van der Waals surface area contributed by atoms with Crippen molar-refractivity contribution in [2.24, 2.45) is 5.92 Å². The molecule has 0 fully saturated rings. The molecule has 0 bridgehead atoms. The van der Waals surface area contributed by atoms with E-state index in [2.05, 4.69) is 10.4 Å². The molecule has 12 heteroatoms. The van der Waals surface area contributed by atoms with Crippen LogP contribution in [0.15, 0.2) is 59.8 Å². The fourth-order valence-corrected chi connectivity index (χ4v) is 6.94. The Morgan fingerprint density at radius 2 is 1.78 bits per heavy atom. The lowest BCUT2D eigenvalue weighted by molar-refractivity contribution is -0.139. The lowest BCUT2D eigenvalue weighted by Gasteiger charge is -2.27. The summed E-state index contributed by atoms with van der Waals surface area (Å²) in [5, 5.41) is 16.8. The Morgan fingerprint density at radius 3 is 2.39 bits per heavy atom. The Kier molecular flexibility index (Phi) is 10.4. The summed E-state index contributed by atoms with van der Waals surface area (Å²) in [6.07, 6.45) is 1.39. The first kappa shape index (κ1) is 35.6. The second-order valence-electron chi connectivity index (χ2n) is 13.3. The van der Waals surface area contributed by atoms with Gasteiger partial charge in [0.15, 0.2) is 0 Å². The number of aryl methyl sites for hydroxylation is 5. The molecule has 0 aliphatic heterocycles. The van der Waals surface area contributed by atoms with Gasteiger partial charge in [0.05, 0.1) is 18.0 Å². The van der Waals surface area contributed by atoms with E-state index in [-0.39, 0.29) is 36.7 Å². The molecule has 4 aromatic rings. The molecular weight excluding hydrogens is 640 g/mol. The first-order chi connectivity index (χ1) is 23.1. The minimum absolute atomic E-state index is 0.103. The molecule has 1 aliphatic rings. The average molecular weight is 681 g/mol. The molecule has 1 amide bonds. The van der Waals surface area contributed by atoms with Crippen LogP contribution in [0.4, 0.5) is 17.6 Å². The average Bonchev–Trinajstić information content (AvgIpc) is 3.70. The summed E-state index contributed by atoms with van der Waals surface area (Å²) < 4.78 is 59.0. The van der Waals surface area contributed by atoms with E-state index in [1.807, 2.05) is 39.8 Å². The number of nitrogens with one attached hydrogen (secondary N) is 1. The SMILES string of the molecule is Cc1cc(F)cc(C)c1-c1cc(C(CC(=O)O)NC(=O)C(CC(C)C)n2cc(CCn3cccn3)c(C(F)(F)F)cc2=O)cc2c1CCC2. The van der Waals surface area contributed by atoms with Gasteiger partial charge in [0.25, 0.3) is 5.56 Å². The van der Waals surface area contributed by atoms with Crippen molar-refractivity contribution in [2.45, 2.75) is 91.0 Å². The van der Waals surface area contributed by atoms with Crippen LogP contribution in [0, 0.1) is 25.6 Å². The van der Waals surface area contributed by atoms with Crippen molar-refractivity contribution in [3.8, 4) is 11.1 Å². The summed E-state index contributed by atoms with van der Waals surface area (Å²) in [5.74, 6) is -2.36. The number of alkyl halides is 3. The van der Waals surface area contributed by atoms with Crippen LogP contribution < -0.4 is 10.9 Å². The zero-order valence-electron chi connectivity index (χ0n) is 27.9. The largest absolute Gasteiger partial charge is 0.481 e. The topological polar surface area (TPSA) is 106 Å². The van der Waals surface area contributed by atoms with Gasteiger partial charge in [-0.1, -0.05) is 19.9 Å². The standard InChI is InChI=1S/C37H40F4N4O4/c1-21(2)13-32(45-20-25(9-12-44-11-6-10-42-44)30(18-33(45)46)37(39,40)41)36(49)43-31(19-34(47)48)26-16-24-7-5-8-28(24)29(17-26)35-22(3)14-27(38)15-23(35)4/h6,10-11,14-18,20-21,31-32H,5,7-9,12-13,19H2,1-4H3,(H,43,49)(H,47,48). The van der Waals surface area contributed by atoms with E-state index in [1.165, 1.54) is 23.0 Å². The molecule has 1 aliphatic carbocycles. The van der Waals surface area contributed by atoms with Gasteiger partial charge in [-0.25, -0.2) is 4.39 Å². The van der Waals surface area contributed by atoms with Crippen molar-refractivity contribution in [1.82, 2.24) is 19.7 Å². The first-order valence-corrected chi connectivity index (χ1v) is 16.4. The quantitative estimate of drug-likeness (QED) is 0.155. The molecule has 2 N–H and O–H groups in total. The first-order valence-electron chi connectivity index (χ1n) is 16.4. The number of carboxylic acids is 1. The highest BCUT2D eigenvalue weighted by atomic mass is 19.4. The molecule has 49 heavy (non-hydrogen) atoms. The predicted molar refractivity (Wildman–Crippen MR) is 177 cm³/mol. The second-order valence-corrected chi connectivity index (χ2v) is 13.3. The van der Waals surface area contributed by atoms with Gasteiger partial charge in [-0.2, -0.15) is 18.3 Å². The summed E-state index contributed by atoms with van der Waals surface area (Å²) in [5.41, 5.74) is 3.56. The van der Waals surface area contributed by atoms with Crippen molar-refractivity contribution in [3.05, 3.63) is 110 Å². The summed E-state index contributed by atoms with van der Waals surface area (Å²) in [6, 6.07) is 6.58. The Bertz CT molecular complexity index is 1890. The van der Waals surface area contributed by atoms with E-state index >= 15 is 0 Å². The fraction of sp³-hybridized carbons (Fsp3) is 0.405. The molecule has 2 unspecified atom stereocenters. The van der Waals surface area contributed by atoms with E-state index in [4.69, 9.17) is 0 Å². The zero-order chi connectivity index (χ0) is 35.6. The number of aliphatic carboxylic acids is 1. The number of amides is 1. The summed E-state index contributed by atoms with van der Waals surface area (Å²) in [7, 11) is 0. The smallest absolute Gasteiger partial charge is 0.416 e. The highest BCUT2D eigenvalue weighted by molar-refractivity contribution is 5.82. The fourth-order valence-electron chi connectivity index (χ4n) is 6.94. The lowest BCUT2D eigenvalue weighted by atomic mass is 9.87. The molecule has 0 saturated heterocycles. The molecule has 260 valence electrons. The maximum atomic E-state index is 14.2. The Hall–Kier alpha value is -4.74. The van der Waals surface area contributed by atoms with Crippen molar-refractivity contribution < 1.29 is 32.3 Å². The van der Waals surface area contributed by atoms with E-state index in [0.29, 0.717) is 11.6 Å². The van der Waals surface area contributed by atoms with Gasteiger partial charge in [0.1, 0.15) is 11.9 Å². The van der Waals surface area contributed by atoms with Crippen LogP contribution in [0.3, 0.4) is 0 Å². The number of aromatic nitrogens is 3. The van der Waals surface area contributed by atoms with Crippen LogP contribution in [-0.4, -0.2) is 31.3 Å². The number of nitrogens with zero attached hydrogens (tertiary/aromatic N) is 3. The van der Waals surface area contributed by atoms with Crippen molar-refractivity contribution in [1.29, 1.82) is 0 Å². The Labute approximate surface area is 281 Å². The van der Waals surface area contributed by atoms with Gasteiger partial charge in [-0.3, -0.25) is 19.1 Å². The number of fused-ring (bicyclic) bond motifs is 1. The number of hydrogen-bond donors (Lipinski definition) is 2. The van der Waals surface area contributed by atoms with Gasteiger partial charge in [0, 0.05) is 31.2 Å². The Morgan fingerprint density at radius 1 is 1.06 bits per heavy atom. The number of hydrogen-bond acceptors (Lipinski definition) is 4. The van der Waals surface area contributed by atoms with E-state index in [9.17, 15) is 37.1 Å². The number of pyridine rings is 1. The predicted octanol–water partition coefficient (Wildman–Crippen LogP) is 7.14. The van der Waals surface area contributed by atoms with Crippen molar-refractivity contribution in [2.75, 3.05) is 0 Å². The van der Waals surface area contributed by atoms with Crippen LogP contribution in [-0.2, 0) is 41.6 Å². The third-order valence-electron chi connectivity index (χ3n) is 9.07. The normalized spacial score (nSPS) is 14.1. The lowest BCUT2D eigenvalue weighted by Crippen LogP contribution is -2.40. The summed E-state index contributed by atoms with van der Waals surface area (Å²) in [4.78, 5) is 39.6. The molecule has 0 spiro atoms. The van der Waals surface area contributed by atoms with Gasteiger partial charge in [-0.05, 0) is 121 Å². The third kappa shape index (κ3) is 8.12. The van der Waals surface area contributed by atoms with E-state index in [0.717, 1.165) is 63.4 Å². The van der Waals surface area contributed by atoms with Gasteiger partial charge in [0.2, 0.25) is 5.91 Å². The zero-order valence-corrected chi connectivity index (χ0v) is 27.9. The molecule has 8 nitrogen and oxygen atoms in total. The number of rotatable bonds is 12. The second kappa shape index (κ2) is 14.4. The summed E-state index contributed by atoms with van der Waals surface area (Å²) in [6.45, 7) is 7.39. The molecule has 2 heterocycles. The number of carbonyl (C=O) groups excluding carboxylic acids is 1. The number of carboxylic acid groups (broad SMARTS) is 1. The number of halogens is 4. The highest BCUT2D eigenvalue weighted by Crippen LogP contribution is 2.39. The molecule has 0 radical (unpaired) electrons. The van der Waals surface area contributed by atoms with Gasteiger partial charge in [-0.15, -0.1) is 0 Å². The molecule has 2 atom stereocenters. The van der Waals surface area contributed by atoms with Gasteiger partial charge < -0.3 is 15.0 Å². The molecule has 0 saturated carbocycles. The number of benzene rings is 2. The van der Waals surface area contributed by atoms with Crippen molar-refractivity contribution >= 4 is 11.9 Å². The van der Waals surface area contributed by atoms with Gasteiger partial charge >= 0.3 is 12.1 Å². The van der Waals surface area contributed by atoms with Crippen LogP contribution in [0.2, 0.25) is 0 Å². The molecule has 2 aromatic carbocycles. The maximum Gasteiger partial charge on any atom is 0.416 e. The number of carbonyl (C=O) groups is 2.